The molecule has 0 unspecified atom stereocenters. The lowest BCUT2D eigenvalue weighted by Gasteiger charge is -2.17. The molecule has 12 nitrogen and oxygen atoms in total. The SMILES string of the molecule is C=CC(=O)OCCCCCCCCCCNC(=O)NCCCC[C@H](NC(=O)NCCCCCCCCCCOC(=O)C=C)C(=O)OC. The van der Waals surface area contributed by atoms with Crippen molar-refractivity contribution in [2.75, 3.05) is 40.0 Å². The van der Waals surface area contributed by atoms with Crippen molar-refractivity contribution in [3.8, 4) is 0 Å². The van der Waals surface area contributed by atoms with E-state index in [1.54, 1.807) is 0 Å². The third-order valence-corrected chi connectivity index (χ3v) is 7.53. The Morgan fingerprint density at radius 3 is 1.30 bits per heavy atom. The summed E-state index contributed by atoms with van der Waals surface area (Å²) in [5.74, 6) is -1.23. The zero-order valence-electron chi connectivity index (χ0n) is 28.9. The summed E-state index contributed by atoms with van der Waals surface area (Å²) in [6.45, 7) is 9.27. The van der Waals surface area contributed by atoms with E-state index in [9.17, 15) is 24.0 Å². The van der Waals surface area contributed by atoms with Gasteiger partial charge >= 0.3 is 30.0 Å². The van der Waals surface area contributed by atoms with Crippen molar-refractivity contribution in [2.45, 2.75) is 128 Å². The Morgan fingerprint density at radius 2 is 0.894 bits per heavy atom. The van der Waals surface area contributed by atoms with E-state index in [2.05, 4.69) is 34.4 Å². The second kappa shape index (κ2) is 32.4. The Balaban J connectivity index is 3.74. The fourth-order valence-electron chi connectivity index (χ4n) is 4.78. The maximum Gasteiger partial charge on any atom is 0.330 e. The van der Waals surface area contributed by atoms with Gasteiger partial charge in [-0.15, -0.1) is 0 Å². The second-order valence-corrected chi connectivity index (χ2v) is 11.6. The summed E-state index contributed by atoms with van der Waals surface area (Å²) in [5, 5.41) is 11.2. The highest BCUT2D eigenvalue weighted by molar-refractivity contribution is 5.83. The summed E-state index contributed by atoms with van der Waals surface area (Å²) >= 11 is 0. The van der Waals surface area contributed by atoms with Gasteiger partial charge in [0, 0.05) is 31.8 Å². The summed E-state index contributed by atoms with van der Waals surface area (Å²) in [4.78, 5) is 58.4. The molecule has 0 aromatic rings. The van der Waals surface area contributed by atoms with Crippen LogP contribution in [0.4, 0.5) is 9.59 Å². The van der Waals surface area contributed by atoms with Gasteiger partial charge in [-0.1, -0.05) is 90.2 Å². The molecule has 0 heterocycles. The van der Waals surface area contributed by atoms with Crippen LogP contribution in [0.15, 0.2) is 25.3 Å². The molecule has 0 spiro atoms. The Kier molecular flexibility index (Phi) is 29.9. The number of rotatable bonds is 31. The lowest BCUT2D eigenvalue weighted by atomic mass is 10.1. The Bertz CT molecular complexity index is 884. The molecule has 0 saturated heterocycles. The van der Waals surface area contributed by atoms with E-state index in [-0.39, 0.29) is 24.0 Å². The number of urea groups is 2. The van der Waals surface area contributed by atoms with E-state index in [0.29, 0.717) is 52.1 Å². The van der Waals surface area contributed by atoms with Crippen LogP contribution in [-0.2, 0) is 28.6 Å². The number of hydrogen-bond acceptors (Lipinski definition) is 8. The average molecular weight is 667 g/mol. The van der Waals surface area contributed by atoms with Gasteiger partial charge in [0.1, 0.15) is 6.04 Å². The molecule has 47 heavy (non-hydrogen) atoms. The zero-order valence-corrected chi connectivity index (χ0v) is 28.9. The Hall–Kier alpha value is -3.57. The number of esters is 3. The van der Waals surface area contributed by atoms with Crippen LogP contribution in [0.3, 0.4) is 0 Å². The van der Waals surface area contributed by atoms with Gasteiger partial charge in [0.25, 0.3) is 0 Å². The molecule has 0 bridgehead atoms. The molecule has 0 aromatic carbocycles. The topological polar surface area (TPSA) is 161 Å². The fraction of sp³-hybridized carbons (Fsp3) is 0.743. The molecule has 0 saturated carbocycles. The molecular formula is C35H62N4O8. The molecule has 0 rings (SSSR count). The predicted octanol–water partition coefficient (Wildman–Crippen LogP) is 6.00. The molecule has 0 aliphatic rings. The standard InChI is InChI=1S/C35H62N4O8/c1-4-31(40)46-28-22-16-12-8-6-10-14-19-25-36-34(43)37-27-21-18-24-30(33(42)45-3)39-35(44)38-26-20-15-11-7-9-13-17-23-29-47-32(41)5-2/h4-5,30H,1-2,6-29H2,3H3,(H2,36,37,43)(H2,38,39,44)/t30-/m0/s1. The van der Waals surface area contributed by atoms with E-state index >= 15 is 0 Å². The number of carbonyl (C=O) groups excluding carboxylic acids is 5. The molecule has 0 radical (unpaired) electrons. The first kappa shape index (κ1) is 43.4. The van der Waals surface area contributed by atoms with E-state index in [1.807, 2.05) is 0 Å². The summed E-state index contributed by atoms with van der Waals surface area (Å²) in [5.41, 5.74) is 0. The van der Waals surface area contributed by atoms with Crippen LogP contribution < -0.4 is 21.3 Å². The van der Waals surface area contributed by atoms with E-state index in [1.165, 1.54) is 19.3 Å². The fourth-order valence-corrected chi connectivity index (χ4v) is 4.78. The third kappa shape index (κ3) is 29.6. The van der Waals surface area contributed by atoms with Crippen LogP contribution in [0, 0.1) is 0 Å². The molecule has 0 fully saturated rings. The minimum absolute atomic E-state index is 0.201. The molecule has 4 amide bonds. The summed E-state index contributed by atoms with van der Waals surface area (Å²) < 4.78 is 14.8. The predicted molar refractivity (Wildman–Crippen MR) is 184 cm³/mol. The van der Waals surface area contributed by atoms with Gasteiger partial charge in [-0.25, -0.2) is 24.0 Å². The van der Waals surface area contributed by atoms with Gasteiger partial charge < -0.3 is 35.5 Å². The van der Waals surface area contributed by atoms with Crippen molar-refractivity contribution in [2.24, 2.45) is 0 Å². The maximum atomic E-state index is 12.3. The lowest BCUT2D eigenvalue weighted by molar-refractivity contribution is -0.143. The van der Waals surface area contributed by atoms with E-state index in [0.717, 1.165) is 103 Å². The molecule has 1 atom stereocenters. The number of nitrogens with one attached hydrogen (secondary N) is 4. The van der Waals surface area contributed by atoms with Crippen molar-refractivity contribution < 1.29 is 38.2 Å². The molecule has 0 aliphatic carbocycles. The quantitative estimate of drug-likeness (QED) is 0.0303. The zero-order chi connectivity index (χ0) is 34.8. The van der Waals surface area contributed by atoms with Crippen molar-refractivity contribution in [3.63, 3.8) is 0 Å². The highest BCUT2D eigenvalue weighted by Gasteiger charge is 2.20. The van der Waals surface area contributed by atoms with Gasteiger partial charge in [-0.05, 0) is 44.9 Å². The smallest absolute Gasteiger partial charge is 0.330 e. The van der Waals surface area contributed by atoms with E-state index < -0.39 is 12.0 Å². The summed E-state index contributed by atoms with van der Waals surface area (Å²) in [6.07, 6.45) is 20.8. The average Bonchev–Trinajstić information content (AvgIpc) is 3.07. The molecular weight excluding hydrogens is 604 g/mol. The number of carbonyl (C=O) groups is 5. The highest BCUT2D eigenvalue weighted by atomic mass is 16.5. The van der Waals surface area contributed by atoms with Crippen LogP contribution in [-0.4, -0.2) is 76.0 Å². The van der Waals surface area contributed by atoms with Crippen molar-refractivity contribution in [3.05, 3.63) is 25.3 Å². The Labute approximate surface area is 282 Å². The van der Waals surface area contributed by atoms with Gasteiger partial charge in [0.2, 0.25) is 0 Å². The van der Waals surface area contributed by atoms with Crippen LogP contribution in [0.25, 0.3) is 0 Å². The van der Waals surface area contributed by atoms with Crippen LogP contribution in [0.5, 0.6) is 0 Å². The molecule has 4 N–H and O–H groups in total. The number of hydrogen-bond donors (Lipinski definition) is 4. The second-order valence-electron chi connectivity index (χ2n) is 11.6. The summed E-state index contributed by atoms with van der Waals surface area (Å²) in [7, 11) is 1.30. The van der Waals surface area contributed by atoms with Crippen molar-refractivity contribution in [1.29, 1.82) is 0 Å². The summed E-state index contributed by atoms with van der Waals surface area (Å²) in [6, 6.07) is -1.33. The molecule has 0 aromatic heterocycles. The number of unbranched alkanes of at least 4 members (excludes halogenated alkanes) is 15. The van der Waals surface area contributed by atoms with Crippen LogP contribution in [0.2, 0.25) is 0 Å². The van der Waals surface area contributed by atoms with Gasteiger partial charge in [0.05, 0.1) is 20.3 Å². The third-order valence-electron chi connectivity index (χ3n) is 7.53. The van der Waals surface area contributed by atoms with Gasteiger partial charge in [-0.3, -0.25) is 0 Å². The van der Waals surface area contributed by atoms with Crippen LogP contribution >= 0.6 is 0 Å². The number of methoxy groups -OCH3 is 1. The van der Waals surface area contributed by atoms with E-state index in [4.69, 9.17) is 14.2 Å². The first-order valence-electron chi connectivity index (χ1n) is 17.6. The highest BCUT2D eigenvalue weighted by Crippen LogP contribution is 2.10. The van der Waals surface area contributed by atoms with Gasteiger partial charge in [0.15, 0.2) is 0 Å². The molecule has 0 aliphatic heterocycles. The molecule has 270 valence electrons. The lowest BCUT2D eigenvalue weighted by Crippen LogP contribution is -2.46. The van der Waals surface area contributed by atoms with Gasteiger partial charge in [-0.2, -0.15) is 0 Å². The first-order valence-corrected chi connectivity index (χ1v) is 17.6. The van der Waals surface area contributed by atoms with Crippen molar-refractivity contribution in [1.82, 2.24) is 21.3 Å². The monoisotopic (exact) mass is 666 g/mol. The van der Waals surface area contributed by atoms with Crippen molar-refractivity contribution >= 4 is 30.0 Å². The normalized spacial score (nSPS) is 11.1. The first-order chi connectivity index (χ1) is 22.8. The molecule has 12 heteroatoms. The Morgan fingerprint density at radius 1 is 0.532 bits per heavy atom. The van der Waals surface area contributed by atoms with Crippen LogP contribution in [0.1, 0.15) is 122 Å². The number of amides is 4. The number of ether oxygens (including phenoxy) is 3. The largest absolute Gasteiger partial charge is 0.467 e. The minimum Gasteiger partial charge on any atom is -0.467 e. The minimum atomic E-state index is -0.740. The maximum absolute atomic E-state index is 12.3.